The molecule has 2 aliphatic rings. The molecule has 0 atom stereocenters. The normalized spacial score (nSPS) is 31.2. The first kappa shape index (κ1) is 15.2. The molecule has 1 saturated carbocycles. The molecule has 0 bridgehead atoms. The Hall–Kier alpha value is -1.24. The highest BCUT2D eigenvalue weighted by molar-refractivity contribution is 5.75. The fourth-order valence-electron chi connectivity index (χ4n) is 3.40. The van der Waals surface area contributed by atoms with Crippen molar-refractivity contribution >= 4 is 6.03 Å². The van der Waals surface area contributed by atoms with Crippen molar-refractivity contribution in [1.82, 2.24) is 10.2 Å². The topological polar surface area (TPSA) is 56.1 Å². The SMILES string of the molecule is CCC1CCC(C#N)(NC(=O)N2CCCCCC2)CC1. The highest BCUT2D eigenvalue weighted by atomic mass is 16.2. The summed E-state index contributed by atoms with van der Waals surface area (Å²) in [4.78, 5) is 14.3. The summed E-state index contributed by atoms with van der Waals surface area (Å²) in [7, 11) is 0. The Kier molecular flexibility index (Phi) is 5.28. The van der Waals surface area contributed by atoms with Crippen LogP contribution in [0.1, 0.15) is 64.7 Å². The molecule has 0 radical (unpaired) electrons. The van der Waals surface area contributed by atoms with Crippen molar-refractivity contribution in [1.29, 1.82) is 5.26 Å². The van der Waals surface area contributed by atoms with Crippen LogP contribution in [-0.2, 0) is 0 Å². The Balaban J connectivity index is 1.92. The summed E-state index contributed by atoms with van der Waals surface area (Å²) in [5.74, 6) is 0.728. The molecule has 4 nitrogen and oxygen atoms in total. The minimum atomic E-state index is -0.616. The Morgan fingerprint density at radius 1 is 1.25 bits per heavy atom. The van der Waals surface area contributed by atoms with Crippen molar-refractivity contribution in [3.8, 4) is 6.07 Å². The van der Waals surface area contributed by atoms with Crippen molar-refractivity contribution in [2.45, 2.75) is 70.3 Å². The molecule has 1 N–H and O–H groups in total. The molecule has 4 heteroatoms. The van der Waals surface area contributed by atoms with Crippen molar-refractivity contribution < 1.29 is 4.79 Å². The monoisotopic (exact) mass is 277 g/mol. The van der Waals surface area contributed by atoms with Crippen LogP contribution < -0.4 is 5.32 Å². The van der Waals surface area contributed by atoms with Crippen LogP contribution in [0.4, 0.5) is 4.79 Å². The average molecular weight is 277 g/mol. The second kappa shape index (κ2) is 6.97. The zero-order valence-electron chi connectivity index (χ0n) is 12.7. The predicted octanol–water partition coefficient (Wildman–Crippen LogP) is 3.43. The van der Waals surface area contributed by atoms with Crippen LogP contribution in [0.2, 0.25) is 0 Å². The standard InChI is InChI=1S/C16H27N3O/c1-2-14-7-9-16(13-17,10-8-14)18-15(20)19-11-5-3-4-6-12-19/h14H,2-12H2,1H3,(H,18,20). The summed E-state index contributed by atoms with van der Waals surface area (Å²) in [6, 6.07) is 2.36. The summed E-state index contributed by atoms with van der Waals surface area (Å²) in [6.07, 6.45) is 9.52. The first-order valence-electron chi connectivity index (χ1n) is 8.17. The lowest BCUT2D eigenvalue weighted by Crippen LogP contribution is -2.54. The van der Waals surface area contributed by atoms with E-state index in [1.54, 1.807) is 0 Å². The molecule has 0 aromatic heterocycles. The van der Waals surface area contributed by atoms with E-state index in [4.69, 9.17) is 0 Å². The fraction of sp³-hybridized carbons (Fsp3) is 0.875. The highest BCUT2D eigenvalue weighted by Crippen LogP contribution is 2.33. The molecule has 2 rings (SSSR count). The van der Waals surface area contributed by atoms with Crippen LogP contribution in [0.5, 0.6) is 0 Å². The number of nitriles is 1. The van der Waals surface area contributed by atoms with Crippen LogP contribution in [0.15, 0.2) is 0 Å². The number of rotatable bonds is 2. The summed E-state index contributed by atoms with van der Waals surface area (Å²) < 4.78 is 0. The number of hydrogen-bond donors (Lipinski definition) is 1. The quantitative estimate of drug-likeness (QED) is 0.840. The van der Waals surface area contributed by atoms with Gasteiger partial charge in [0, 0.05) is 13.1 Å². The van der Waals surface area contributed by atoms with Crippen LogP contribution in [0, 0.1) is 17.2 Å². The minimum absolute atomic E-state index is 0.0246. The van der Waals surface area contributed by atoms with E-state index < -0.39 is 5.54 Å². The molecule has 1 saturated heterocycles. The number of nitrogens with zero attached hydrogens (tertiary/aromatic N) is 2. The largest absolute Gasteiger partial charge is 0.325 e. The minimum Gasteiger partial charge on any atom is -0.325 e. The Morgan fingerprint density at radius 2 is 1.85 bits per heavy atom. The van der Waals surface area contributed by atoms with Crippen molar-refractivity contribution in [3.05, 3.63) is 0 Å². The van der Waals surface area contributed by atoms with Gasteiger partial charge in [-0.1, -0.05) is 26.2 Å². The maximum Gasteiger partial charge on any atom is 0.318 e. The molecule has 20 heavy (non-hydrogen) atoms. The highest BCUT2D eigenvalue weighted by Gasteiger charge is 2.37. The number of likely N-dealkylation sites (tertiary alicyclic amines) is 1. The Bertz CT molecular complexity index is 358. The van der Waals surface area contributed by atoms with Gasteiger partial charge in [0.25, 0.3) is 0 Å². The molecule has 1 heterocycles. The molecule has 1 aliphatic carbocycles. The van der Waals surface area contributed by atoms with Gasteiger partial charge in [0.15, 0.2) is 0 Å². The van der Waals surface area contributed by atoms with Gasteiger partial charge in [-0.05, 0) is 44.4 Å². The number of amides is 2. The van der Waals surface area contributed by atoms with E-state index in [2.05, 4.69) is 18.3 Å². The summed E-state index contributed by atoms with van der Waals surface area (Å²) in [5, 5.41) is 12.6. The first-order chi connectivity index (χ1) is 9.69. The third-order valence-corrected chi connectivity index (χ3v) is 4.99. The third kappa shape index (κ3) is 3.65. The lowest BCUT2D eigenvalue weighted by molar-refractivity contribution is 0.175. The average Bonchev–Trinajstić information content (AvgIpc) is 2.77. The van der Waals surface area contributed by atoms with E-state index in [-0.39, 0.29) is 6.03 Å². The Labute approximate surface area is 122 Å². The second-order valence-electron chi connectivity index (χ2n) is 6.38. The smallest absolute Gasteiger partial charge is 0.318 e. The molecule has 0 aromatic carbocycles. The van der Waals surface area contributed by atoms with E-state index in [1.807, 2.05) is 4.90 Å². The number of nitrogens with one attached hydrogen (secondary N) is 1. The maximum absolute atomic E-state index is 12.4. The van der Waals surface area contributed by atoms with Gasteiger partial charge >= 0.3 is 6.03 Å². The van der Waals surface area contributed by atoms with E-state index in [0.717, 1.165) is 57.5 Å². The van der Waals surface area contributed by atoms with Gasteiger partial charge in [-0.25, -0.2) is 4.79 Å². The Morgan fingerprint density at radius 3 is 2.35 bits per heavy atom. The number of carbonyl (C=O) groups is 1. The zero-order valence-corrected chi connectivity index (χ0v) is 12.7. The lowest BCUT2D eigenvalue weighted by Gasteiger charge is -2.36. The number of hydrogen-bond acceptors (Lipinski definition) is 2. The summed E-state index contributed by atoms with van der Waals surface area (Å²) in [5.41, 5.74) is -0.616. The van der Waals surface area contributed by atoms with Crippen LogP contribution in [0.25, 0.3) is 0 Å². The van der Waals surface area contributed by atoms with Gasteiger partial charge in [0.2, 0.25) is 0 Å². The number of carbonyl (C=O) groups excluding carboxylic acids is 1. The lowest BCUT2D eigenvalue weighted by atomic mass is 9.76. The number of urea groups is 1. The second-order valence-corrected chi connectivity index (χ2v) is 6.38. The van der Waals surface area contributed by atoms with Gasteiger partial charge in [-0.3, -0.25) is 0 Å². The van der Waals surface area contributed by atoms with Crippen molar-refractivity contribution in [3.63, 3.8) is 0 Å². The predicted molar refractivity (Wildman–Crippen MR) is 79.2 cm³/mol. The fourth-order valence-corrected chi connectivity index (χ4v) is 3.40. The van der Waals surface area contributed by atoms with E-state index >= 15 is 0 Å². The van der Waals surface area contributed by atoms with Crippen molar-refractivity contribution in [2.24, 2.45) is 5.92 Å². The molecule has 112 valence electrons. The van der Waals surface area contributed by atoms with Crippen LogP contribution in [-0.4, -0.2) is 29.6 Å². The van der Waals surface area contributed by atoms with Crippen LogP contribution >= 0.6 is 0 Å². The summed E-state index contributed by atoms with van der Waals surface area (Å²) in [6.45, 7) is 3.88. The van der Waals surface area contributed by atoms with Gasteiger partial charge in [0.05, 0.1) is 6.07 Å². The molecule has 0 aromatic rings. The summed E-state index contributed by atoms with van der Waals surface area (Å²) >= 11 is 0. The molecule has 2 amide bonds. The zero-order chi connectivity index (χ0) is 14.4. The van der Waals surface area contributed by atoms with E-state index in [9.17, 15) is 10.1 Å². The van der Waals surface area contributed by atoms with Gasteiger partial charge in [-0.2, -0.15) is 5.26 Å². The van der Waals surface area contributed by atoms with Gasteiger partial charge < -0.3 is 10.2 Å². The molecule has 1 aliphatic heterocycles. The van der Waals surface area contributed by atoms with Crippen LogP contribution in [0.3, 0.4) is 0 Å². The molecular weight excluding hydrogens is 250 g/mol. The maximum atomic E-state index is 12.4. The first-order valence-corrected chi connectivity index (χ1v) is 8.17. The molecular formula is C16H27N3O. The molecule has 2 fully saturated rings. The van der Waals surface area contributed by atoms with Gasteiger partial charge in [0.1, 0.15) is 5.54 Å². The van der Waals surface area contributed by atoms with Gasteiger partial charge in [-0.15, -0.1) is 0 Å². The van der Waals surface area contributed by atoms with E-state index in [0.29, 0.717) is 0 Å². The van der Waals surface area contributed by atoms with E-state index in [1.165, 1.54) is 19.3 Å². The van der Waals surface area contributed by atoms with Crippen molar-refractivity contribution in [2.75, 3.05) is 13.1 Å². The third-order valence-electron chi connectivity index (χ3n) is 4.99. The molecule has 0 unspecified atom stereocenters. The molecule has 0 spiro atoms.